The Hall–Kier alpha value is -2.96. The summed E-state index contributed by atoms with van der Waals surface area (Å²) in [4.78, 5) is 37.5. The molecule has 1 aromatic heterocycles. The second-order valence-corrected chi connectivity index (χ2v) is 8.20. The lowest BCUT2D eigenvalue weighted by Crippen LogP contribution is -2.55. The van der Waals surface area contributed by atoms with Crippen molar-refractivity contribution in [3.63, 3.8) is 0 Å². The first kappa shape index (κ1) is 18.1. The molecule has 1 aliphatic carbocycles. The molecule has 1 amide bonds. The number of benzene rings is 1. The minimum absolute atomic E-state index is 0.229. The van der Waals surface area contributed by atoms with Crippen molar-refractivity contribution in [3.05, 3.63) is 41.1 Å². The van der Waals surface area contributed by atoms with Crippen molar-refractivity contribution in [2.24, 2.45) is 0 Å². The molecule has 3 heterocycles. The third-order valence-electron chi connectivity index (χ3n) is 6.45. The van der Waals surface area contributed by atoms with Gasteiger partial charge in [0.25, 0.3) is 5.91 Å². The van der Waals surface area contributed by atoms with E-state index >= 15 is 0 Å². The lowest BCUT2D eigenvalue weighted by molar-refractivity contribution is -0.146. The zero-order valence-electron chi connectivity index (χ0n) is 16.5. The number of anilines is 1. The molecule has 7 nitrogen and oxygen atoms in total. The van der Waals surface area contributed by atoms with E-state index in [1.54, 1.807) is 6.07 Å². The maximum atomic E-state index is 12.9. The Morgan fingerprint density at radius 2 is 2.00 bits per heavy atom. The van der Waals surface area contributed by atoms with Gasteiger partial charge in [0.2, 0.25) is 5.95 Å². The highest BCUT2D eigenvalue weighted by Crippen LogP contribution is 2.34. The smallest absolute Gasteiger partial charge is 0.326 e. The van der Waals surface area contributed by atoms with Crippen molar-refractivity contribution < 1.29 is 14.7 Å². The van der Waals surface area contributed by atoms with E-state index in [-0.39, 0.29) is 5.91 Å². The molecule has 0 spiro atoms. The monoisotopic (exact) mass is 392 g/mol. The number of aromatic nitrogens is 2. The van der Waals surface area contributed by atoms with Gasteiger partial charge < -0.3 is 14.9 Å². The van der Waals surface area contributed by atoms with Gasteiger partial charge in [0.1, 0.15) is 6.04 Å². The van der Waals surface area contributed by atoms with E-state index in [4.69, 9.17) is 9.97 Å². The molecular weight excluding hydrogens is 368 g/mol. The summed E-state index contributed by atoms with van der Waals surface area (Å²) in [5.41, 5.74) is 4.62. The Morgan fingerprint density at radius 1 is 1.14 bits per heavy atom. The van der Waals surface area contributed by atoms with Crippen LogP contribution in [0.1, 0.15) is 47.8 Å². The molecule has 0 bridgehead atoms. The maximum absolute atomic E-state index is 12.9. The van der Waals surface area contributed by atoms with Gasteiger partial charge in [-0.3, -0.25) is 4.79 Å². The van der Waals surface area contributed by atoms with Crippen molar-refractivity contribution >= 4 is 17.8 Å². The van der Waals surface area contributed by atoms with Gasteiger partial charge in [-0.2, -0.15) is 0 Å². The number of hydrogen-bond acceptors (Lipinski definition) is 5. The number of carbonyl (C=O) groups is 2. The van der Waals surface area contributed by atoms with Crippen molar-refractivity contribution in [2.45, 2.75) is 51.1 Å². The van der Waals surface area contributed by atoms with Crippen LogP contribution in [0.5, 0.6) is 0 Å². The summed E-state index contributed by atoms with van der Waals surface area (Å²) >= 11 is 0. The van der Waals surface area contributed by atoms with E-state index in [0.717, 1.165) is 55.1 Å². The normalized spacial score (nSPS) is 22.7. The third-order valence-corrected chi connectivity index (χ3v) is 6.45. The minimum Gasteiger partial charge on any atom is -0.480 e. The second-order valence-electron chi connectivity index (χ2n) is 8.20. The Morgan fingerprint density at radius 3 is 2.66 bits per heavy atom. The number of nitrogens with zero attached hydrogens (tertiary/aromatic N) is 4. The van der Waals surface area contributed by atoms with Crippen LogP contribution in [0.15, 0.2) is 24.3 Å². The number of fused-ring (bicyclic) bond motifs is 1. The van der Waals surface area contributed by atoms with Gasteiger partial charge in [-0.15, -0.1) is 0 Å². The van der Waals surface area contributed by atoms with E-state index in [1.165, 1.54) is 10.5 Å². The summed E-state index contributed by atoms with van der Waals surface area (Å²) in [7, 11) is 0. The van der Waals surface area contributed by atoms with Crippen molar-refractivity contribution in [1.29, 1.82) is 0 Å². The summed E-state index contributed by atoms with van der Waals surface area (Å²) in [6, 6.07) is 7.18. The number of carboxylic acids is 1. The minimum atomic E-state index is -0.942. The molecular formula is C22H24N4O3. The average molecular weight is 392 g/mol. The zero-order chi connectivity index (χ0) is 20.1. The molecule has 2 aliphatic heterocycles. The molecule has 2 atom stereocenters. The summed E-state index contributed by atoms with van der Waals surface area (Å²) in [5, 5.41) is 9.26. The van der Waals surface area contributed by atoms with Gasteiger partial charge in [-0.1, -0.05) is 12.1 Å². The van der Waals surface area contributed by atoms with E-state index in [2.05, 4.69) is 11.8 Å². The van der Waals surface area contributed by atoms with Crippen molar-refractivity contribution in [3.8, 4) is 11.3 Å². The number of carbonyl (C=O) groups excluding carboxylic acids is 1. The first-order chi connectivity index (χ1) is 14.0. The number of rotatable bonds is 4. The maximum Gasteiger partial charge on any atom is 0.326 e. The Balaban J connectivity index is 1.51. The number of likely N-dealkylation sites (tertiary alicyclic amines) is 1. The van der Waals surface area contributed by atoms with Crippen LogP contribution >= 0.6 is 0 Å². The van der Waals surface area contributed by atoms with Gasteiger partial charge in [-0.25, -0.2) is 14.8 Å². The molecule has 2 fully saturated rings. The van der Waals surface area contributed by atoms with Crippen LogP contribution < -0.4 is 4.90 Å². The van der Waals surface area contributed by atoms with Gasteiger partial charge in [0, 0.05) is 41.5 Å². The number of amides is 1. The quantitative estimate of drug-likeness (QED) is 0.860. The highest BCUT2D eigenvalue weighted by Gasteiger charge is 2.38. The van der Waals surface area contributed by atoms with Crippen LogP contribution in [0.3, 0.4) is 0 Å². The van der Waals surface area contributed by atoms with E-state index in [9.17, 15) is 14.7 Å². The van der Waals surface area contributed by atoms with Crippen LogP contribution in [0.25, 0.3) is 11.3 Å². The van der Waals surface area contributed by atoms with E-state index < -0.39 is 12.0 Å². The van der Waals surface area contributed by atoms with E-state index in [1.807, 2.05) is 18.2 Å². The van der Waals surface area contributed by atoms with Gasteiger partial charge >= 0.3 is 5.97 Å². The lowest BCUT2D eigenvalue weighted by atomic mass is 9.98. The van der Waals surface area contributed by atoms with Crippen molar-refractivity contribution in [2.75, 3.05) is 18.0 Å². The molecule has 1 N–H and O–H groups in total. The standard InChI is InChI=1S/C22H24N4O3/c1-13-8-10-25(13)22-23-17-7-3-6-16(17)19(24-22)14-4-2-5-15(12-14)20(27)26-11-9-18(26)21(28)29/h2,4-5,12-13,18H,3,6-11H2,1H3,(H,28,29)/t13-,18+/m0/s1. The average Bonchev–Trinajstić information content (AvgIpc) is 3.13. The van der Waals surface area contributed by atoms with Crippen LogP contribution in [-0.2, 0) is 17.6 Å². The summed E-state index contributed by atoms with van der Waals surface area (Å²) in [6.45, 7) is 3.65. The fourth-order valence-corrected chi connectivity index (χ4v) is 4.45. The third kappa shape index (κ3) is 2.96. The number of hydrogen-bond donors (Lipinski definition) is 1. The molecule has 0 radical (unpaired) electrons. The molecule has 150 valence electrons. The molecule has 3 aliphatic rings. The Bertz CT molecular complexity index is 1010. The Labute approximate surface area is 169 Å². The van der Waals surface area contributed by atoms with Crippen LogP contribution in [0, 0.1) is 0 Å². The fourth-order valence-electron chi connectivity index (χ4n) is 4.45. The number of aryl methyl sites for hydroxylation is 1. The van der Waals surface area contributed by atoms with Gasteiger partial charge in [-0.05, 0) is 51.2 Å². The van der Waals surface area contributed by atoms with Crippen LogP contribution in [-0.4, -0.2) is 57.0 Å². The van der Waals surface area contributed by atoms with Gasteiger partial charge in [0.15, 0.2) is 0 Å². The van der Waals surface area contributed by atoms with Crippen LogP contribution in [0.2, 0.25) is 0 Å². The van der Waals surface area contributed by atoms with E-state index in [0.29, 0.717) is 24.6 Å². The molecule has 2 saturated heterocycles. The summed E-state index contributed by atoms with van der Waals surface area (Å²) < 4.78 is 0. The first-order valence-corrected chi connectivity index (χ1v) is 10.3. The van der Waals surface area contributed by atoms with Crippen molar-refractivity contribution in [1.82, 2.24) is 14.9 Å². The Kier molecular flexibility index (Phi) is 4.26. The number of aliphatic carboxylic acids is 1. The first-order valence-electron chi connectivity index (χ1n) is 10.3. The molecule has 2 aromatic rings. The molecule has 0 saturated carbocycles. The SMILES string of the molecule is C[C@H]1CCN1c1nc2c(c(-c3cccc(C(=O)N4CC[C@@H]4C(=O)O)c3)n1)CCC2. The predicted octanol–water partition coefficient (Wildman–Crippen LogP) is 2.53. The molecule has 1 aromatic carbocycles. The second kappa shape index (κ2) is 6.83. The molecule has 5 rings (SSSR count). The lowest BCUT2D eigenvalue weighted by Gasteiger charge is -2.39. The molecule has 0 unspecified atom stereocenters. The largest absolute Gasteiger partial charge is 0.480 e. The summed E-state index contributed by atoms with van der Waals surface area (Å²) in [5.74, 6) is -0.389. The number of carboxylic acid groups (broad SMARTS) is 1. The molecule has 29 heavy (non-hydrogen) atoms. The molecule has 7 heteroatoms. The highest BCUT2D eigenvalue weighted by atomic mass is 16.4. The summed E-state index contributed by atoms with van der Waals surface area (Å²) in [6.07, 6.45) is 4.65. The predicted molar refractivity (Wildman–Crippen MR) is 108 cm³/mol. The van der Waals surface area contributed by atoms with Crippen LogP contribution in [0.4, 0.5) is 5.95 Å². The highest BCUT2D eigenvalue weighted by molar-refractivity contribution is 5.98. The topological polar surface area (TPSA) is 86.6 Å². The van der Waals surface area contributed by atoms with Gasteiger partial charge in [0.05, 0.1) is 5.69 Å². The zero-order valence-corrected chi connectivity index (χ0v) is 16.5. The fraction of sp³-hybridized carbons (Fsp3) is 0.455.